The van der Waals surface area contributed by atoms with Crippen molar-refractivity contribution in [3.8, 4) is 0 Å². The number of hydrogen-bond acceptors (Lipinski definition) is 2. The van der Waals surface area contributed by atoms with Crippen molar-refractivity contribution in [3.05, 3.63) is 53.6 Å². The number of fused-ring (bicyclic) bond motifs is 1. The first-order valence-electron chi connectivity index (χ1n) is 6.98. The molecule has 2 aromatic rings. The van der Waals surface area contributed by atoms with E-state index in [9.17, 15) is 0 Å². The zero-order chi connectivity index (χ0) is 13.3. The van der Waals surface area contributed by atoms with Crippen LogP contribution in [0.15, 0.2) is 36.7 Å². The third kappa shape index (κ3) is 2.56. The molecule has 0 amide bonds. The van der Waals surface area contributed by atoms with Gasteiger partial charge in [0.1, 0.15) is 5.82 Å². The molecule has 1 atom stereocenters. The quantitative estimate of drug-likeness (QED) is 0.914. The van der Waals surface area contributed by atoms with Crippen LogP contribution in [0.25, 0.3) is 0 Å². The fourth-order valence-corrected chi connectivity index (χ4v) is 3.04. The van der Waals surface area contributed by atoms with E-state index in [2.05, 4.69) is 33.8 Å². The Morgan fingerprint density at radius 3 is 2.84 bits per heavy atom. The van der Waals surface area contributed by atoms with Gasteiger partial charge in [0, 0.05) is 31.4 Å². The summed E-state index contributed by atoms with van der Waals surface area (Å²) in [7, 11) is 2.04. The molecule has 3 rings (SSSR count). The molecule has 0 saturated heterocycles. The Kier molecular flexibility index (Phi) is 3.15. The summed E-state index contributed by atoms with van der Waals surface area (Å²) in [5, 5.41) is 0. The Balaban J connectivity index is 1.70. The van der Waals surface area contributed by atoms with Crippen molar-refractivity contribution < 1.29 is 0 Å². The Morgan fingerprint density at radius 2 is 2.11 bits per heavy atom. The van der Waals surface area contributed by atoms with Gasteiger partial charge in [0.05, 0.1) is 0 Å². The molecule has 1 aliphatic rings. The summed E-state index contributed by atoms with van der Waals surface area (Å²) in [6.45, 7) is 0. The van der Waals surface area contributed by atoms with Gasteiger partial charge in [-0.05, 0) is 36.8 Å². The minimum absolute atomic E-state index is 0.0691. The van der Waals surface area contributed by atoms with Crippen LogP contribution < -0.4 is 5.73 Å². The van der Waals surface area contributed by atoms with Crippen molar-refractivity contribution in [2.75, 3.05) is 0 Å². The van der Waals surface area contributed by atoms with Crippen LogP contribution in [0.1, 0.15) is 29.8 Å². The van der Waals surface area contributed by atoms with Gasteiger partial charge in [-0.1, -0.05) is 24.3 Å². The zero-order valence-electron chi connectivity index (χ0n) is 11.5. The van der Waals surface area contributed by atoms with Crippen LogP contribution >= 0.6 is 0 Å². The highest BCUT2D eigenvalue weighted by Gasteiger charge is 2.30. The molecule has 3 nitrogen and oxygen atoms in total. The summed E-state index contributed by atoms with van der Waals surface area (Å²) in [4.78, 5) is 4.38. The lowest BCUT2D eigenvalue weighted by Crippen LogP contribution is -2.45. The van der Waals surface area contributed by atoms with Crippen LogP contribution in [0.3, 0.4) is 0 Å². The zero-order valence-corrected chi connectivity index (χ0v) is 11.5. The van der Waals surface area contributed by atoms with E-state index in [0.29, 0.717) is 0 Å². The second-order valence-electron chi connectivity index (χ2n) is 5.76. The third-order valence-electron chi connectivity index (χ3n) is 4.32. The van der Waals surface area contributed by atoms with E-state index in [1.807, 2.05) is 19.4 Å². The van der Waals surface area contributed by atoms with Gasteiger partial charge in [0.25, 0.3) is 0 Å². The summed E-state index contributed by atoms with van der Waals surface area (Å²) in [6.07, 6.45) is 8.99. The van der Waals surface area contributed by atoms with Gasteiger partial charge in [0.15, 0.2) is 0 Å². The monoisotopic (exact) mass is 255 g/mol. The van der Waals surface area contributed by atoms with Crippen LogP contribution in [-0.2, 0) is 26.3 Å². The average Bonchev–Trinajstić information content (AvgIpc) is 2.82. The predicted molar refractivity (Wildman–Crippen MR) is 76.9 cm³/mol. The number of nitrogens with two attached hydrogens (primary N) is 1. The molecule has 0 spiro atoms. The van der Waals surface area contributed by atoms with E-state index in [4.69, 9.17) is 5.73 Å². The lowest BCUT2D eigenvalue weighted by Gasteiger charge is -2.34. The minimum atomic E-state index is -0.0691. The molecule has 1 unspecified atom stereocenters. The van der Waals surface area contributed by atoms with E-state index in [1.165, 1.54) is 11.1 Å². The van der Waals surface area contributed by atoms with Crippen LogP contribution in [0.2, 0.25) is 0 Å². The predicted octanol–water partition coefficient (Wildman–Crippen LogP) is 2.24. The average molecular weight is 255 g/mol. The van der Waals surface area contributed by atoms with Crippen molar-refractivity contribution in [1.29, 1.82) is 0 Å². The molecular weight excluding hydrogens is 234 g/mol. The summed E-state index contributed by atoms with van der Waals surface area (Å²) < 4.78 is 2.08. The van der Waals surface area contributed by atoms with Crippen molar-refractivity contribution in [2.45, 2.75) is 37.6 Å². The molecule has 0 saturated carbocycles. The number of rotatable bonds is 3. The molecule has 100 valence electrons. The fraction of sp³-hybridized carbons (Fsp3) is 0.438. The second kappa shape index (κ2) is 4.82. The molecule has 1 aliphatic carbocycles. The smallest absolute Gasteiger partial charge is 0.108 e. The minimum Gasteiger partial charge on any atom is -0.338 e. The van der Waals surface area contributed by atoms with E-state index in [1.54, 1.807) is 0 Å². The van der Waals surface area contributed by atoms with Crippen molar-refractivity contribution >= 4 is 0 Å². The van der Waals surface area contributed by atoms with Gasteiger partial charge in [-0.25, -0.2) is 4.98 Å². The highest BCUT2D eigenvalue weighted by atomic mass is 15.0. The number of hydrogen-bond donors (Lipinski definition) is 1. The van der Waals surface area contributed by atoms with Crippen LogP contribution in [-0.4, -0.2) is 15.1 Å². The van der Waals surface area contributed by atoms with Crippen LogP contribution in [0.5, 0.6) is 0 Å². The molecule has 0 fully saturated rings. The Labute approximate surface area is 114 Å². The van der Waals surface area contributed by atoms with E-state index >= 15 is 0 Å². The third-order valence-corrected chi connectivity index (χ3v) is 4.32. The summed E-state index contributed by atoms with van der Waals surface area (Å²) in [5.41, 5.74) is 9.43. The normalized spacial score (nSPS) is 22.2. The second-order valence-corrected chi connectivity index (χ2v) is 5.76. The summed E-state index contributed by atoms with van der Waals surface area (Å²) >= 11 is 0. The summed E-state index contributed by atoms with van der Waals surface area (Å²) in [5.74, 6) is 1.13. The highest BCUT2D eigenvalue weighted by Crippen LogP contribution is 2.30. The largest absolute Gasteiger partial charge is 0.338 e. The number of benzene rings is 1. The number of aryl methyl sites for hydroxylation is 3. The SMILES string of the molecule is Cn1ccnc1CCC1(N)CCc2ccccc2C1. The molecule has 1 heterocycles. The van der Waals surface area contributed by atoms with Crippen LogP contribution in [0.4, 0.5) is 0 Å². The van der Waals surface area contributed by atoms with Gasteiger partial charge in [0.2, 0.25) is 0 Å². The Bertz CT molecular complexity index is 573. The molecule has 19 heavy (non-hydrogen) atoms. The molecule has 3 heteroatoms. The maximum Gasteiger partial charge on any atom is 0.108 e. The van der Waals surface area contributed by atoms with Gasteiger partial charge in [-0.2, -0.15) is 0 Å². The van der Waals surface area contributed by atoms with Gasteiger partial charge in [-0.3, -0.25) is 0 Å². The van der Waals surface area contributed by atoms with Crippen molar-refractivity contribution in [1.82, 2.24) is 9.55 Å². The fourth-order valence-electron chi connectivity index (χ4n) is 3.04. The molecule has 1 aromatic carbocycles. The molecule has 1 aromatic heterocycles. The van der Waals surface area contributed by atoms with E-state index < -0.39 is 0 Å². The molecule has 0 bridgehead atoms. The van der Waals surface area contributed by atoms with Gasteiger partial charge < -0.3 is 10.3 Å². The van der Waals surface area contributed by atoms with Crippen molar-refractivity contribution in [3.63, 3.8) is 0 Å². The maximum atomic E-state index is 6.60. The Morgan fingerprint density at radius 1 is 1.32 bits per heavy atom. The maximum absolute atomic E-state index is 6.60. The number of nitrogens with zero attached hydrogens (tertiary/aromatic N) is 2. The Hall–Kier alpha value is -1.61. The van der Waals surface area contributed by atoms with E-state index in [0.717, 1.165) is 37.9 Å². The van der Waals surface area contributed by atoms with Gasteiger partial charge in [-0.15, -0.1) is 0 Å². The lowest BCUT2D eigenvalue weighted by atomic mass is 9.76. The number of imidazole rings is 1. The topological polar surface area (TPSA) is 43.8 Å². The standard InChI is InChI=1S/C16H21N3/c1-19-11-10-18-15(19)7-9-16(17)8-6-13-4-2-3-5-14(13)12-16/h2-5,10-11H,6-9,12,17H2,1H3. The highest BCUT2D eigenvalue weighted by molar-refractivity contribution is 5.32. The van der Waals surface area contributed by atoms with E-state index in [-0.39, 0.29) is 5.54 Å². The molecule has 0 aliphatic heterocycles. The van der Waals surface area contributed by atoms with Crippen LogP contribution in [0, 0.1) is 0 Å². The first kappa shape index (κ1) is 12.4. The molecular formula is C16H21N3. The first-order valence-corrected chi connectivity index (χ1v) is 6.98. The molecule has 2 N–H and O–H groups in total. The number of aromatic nitrogens is 2. The summed E-state index contributed by atoms with van der Waals surface area (Å²) in [6, 6.07) is 8.68. The lowest BCUT2D eigenvalue weighted by molar-refractivity contribution is 0.342. The van der Waals surface area contributed by atoms with Crippen molar-refractivity contribution in [2.24, 2.45) is 12.8 Å². The molecule has 0 radical (unpaired) electrons. The first-order chi connectivity index (χ1) is 9.16. The van der Waals surface area contributed by atoms with Gasteiger partial charge >= 0.3 is 0 Å².